The van der Waals surface area contributed by atoms with Gasteiger partial charge in [-0.15, -0.1) is 0 Å². The minimum absolute atomic E-state index is 0.425. The van der Waals surface area contributed by atoms with Crippen LogP contribution >= 0.6 is 15.9 Å². The molecule has 1 aromatic carbocycles. The number of rotatable bonds is 2. The molecule has 1 spiro atoms. The monoisotopic (exact) mass is 337 g/mol. The van der Waals surface area contributed by atoms with Gasteiger partial charge in [0, 0.05) is 24.0 Å². The molecular weight excluding hydrogens is 314 g/mol. The van der Waals surface area contributed by atoms with Crippen molar-refractivity contribution >= 4 is 15.9 Å². The SMILES string of the molecule is COC1CCCC2(CCNCC2c2ccccc2Br)C1. The predicted octanol–water partition coefficient (Wildman–Crippen LogP) is 4.10. The molecule has 1 aliphatic heterocycles. The molecule has 1 aromatic rings. The van der Waals surface area contributed by atoms with Crippen LogP contribution in [0.3, 0.4) is 0 Å². The zero-order chi connectivity index (χ0) is 14.0. The van der Waals surface area contributed by atoms with Gasteiger partial charge in [-0.05, 0) is 49.3 Å². The molecule has 1 aliphatic carbocycles. The minimum atomic E-state index is 0.425. The van der Waals surface area contributed by atoms with E-state index in [1.165, 1.54) is 42.1 Å². The lowest BCUT2D eigenvalue weighted by atomic mass is 9.60. The summed E-state index contributed by atoms with van der Waals surface area (Å²) in [6, 6.07) is 8.74. The first-order chi connectivity index (χ1) is 9.75. The maximum Gasteiger partial charge on any atom is 0.0576 e. The van der Waals surface area contributed by atoms with Crippen LogP contribution in [-0.2, 0) is 4.74 Å². The second kappa shape index (κ2) is 6.17. The van der Waals surface area contributed by atoms with Crippen LogP contribution in [0.15, 0.2) is 28.7 Å². The van der Waals surface area contributed by atoms with Crippen molar-refractivity contribution in [3.05, 3.63) is 34.3 Å². The van der Waals surface area contributed by atoms with Crippen LogP contribution in [-0.4, -0.2) is 26.3 Å². The molecule has 2 nitrogen and oxygen atoms in total. The fourth-order valence-electron chi connectivity index (χ4n) is 4.26. The van der Waals surface area contributed by atoms with Gasteiger partial charge < -0.3 is 10.1 Å². The number of methoxy groups -OCH3 is 1. The maximum atomic E-state index is 5.70. The minimum Gasteiger partial charge on any atom is -0.381 e. The van der Waals surface area contributed by atoms with Gasteiger partial charge in [-0.1, -0.05) is 40.5 Å². The van der Waals surface area contributed by atoms with Crippen molar-refractivity contribution in [3.63, 3.8) is 0 Å². The van der Waals surface area contributed by atoms with E-state index < -0.39 is 0 Å². The van der Waals surface area contributed by atoms with Crippen LogP contribution in [0.25, 0.3) is 0 Å². The molecule has 1 saturated carbocycles. The third kappa shape index (κ3) is 2.68. The van der Waals surface area contributed by atoms with Gasteiger partial charge in [0.2, 0.25) is 0 Å². The van der Waals surface area contributed by atoms with Crippen molar-refractivity contribution in [3.8, 4) is 0 Å². The molecule has 0 amide bonds. The standard InChI is InChI=1S/C17H24BrNO/c1-20-13-5-4-8-17(11-13)9-10-19-12-15(17)14-6-2-3-7-16(14)18/h2-3,6-7,13,15,19H,4-5,8-12H2,1H3. The summed E-state index contributed by atoms with van der Waals surface area (Å²) in [7, 11) is 1.87. The summed E-state index contributed by atoms with van der Waals surface area (Å²) >= 11 is 3.75. The van der Waals surface area contributed by atoms with Crippen LogP contribution in [0, 0.1) is 5.41 Å². The lowest BCUT2D eigenvalue weighted by Gasteiger charge is -2.49. The van der Waals surface area contributed by atoms with Crippen molar-refractivity contribution in [1.29, 1.82) is 0 Å². The number of ether oxygens (including phenoxy) is 1. The Morgan fingerprint density at radius 1 is 1.30 bits per heavy atom. The number of nitrogens with one attached hydrogen (secondary N) is 1. The van der Waals surface area contributed by atoms with E-state index in [0.717, 1.165) is 13.1 Å². The van der Waals surface area contributed by atoms with Gasteiger partial charge in [-0.25, -0.2) is 0 Å². The van der Waals surface area contributed by atoms with E-state index in [1.807, 2.05) is 7.11 Å². The quantitative estimate of drug-likeness (QED) is 0.877. The number of piperidine rings is 1. The fourth-order valence-corrected chi connectivity index (χ4v) is 4.82. The molecule has 3 heteroatoms. The Balaban J connectivity index is 1.93. The highest BCUT2D eigenvalue weighted by atomic mass is 79.9. The van der Waals surface area contributed by atoms with Gasteiger partial charge in [-0.2, -0.15) is 0 Å². The van der Waals surface area contributed by atoms with E-state index >= 15 is 0 Å². The topological polar surface area (TPSA) is 21.3 Å². The molecule has 1 N–H and O–H groups in total. The Kier molecular flexibility index (Phi) is 4.49. The smallest absolute Gasteiger partial charge is 0.0576 e. The first kappa shape index (κ1) is 14.6. The second-order valence-corrected chi connectivity index (χ2v) is 7.20. The lowest BCUT2D eigenvalue weighted by Crippen LogP contribution is -2.47. The van der Waals surface area contributed by atoms with Gasteiger partial charge in [0.1, 0.15) is 0 Å². The summed E-state index contributed by atoms with van der Waals surface area (Å²) in [6.45, 7) is 2.25. The summed E-state index contributed by atoms with van der Waals surface area (Å²) in [5.41, 5.74) is 1.89. The van der Waals surface area contributed by atoms with E-state index in [1.54, 1.807) is 0 Å². The lowest BCUT2D eigenvalue weighted by molar-refractivity contribution is -0.0123. The Morgan fingerprint density at radius 2 is 2.15 bits per heavy atom. The highest BCUT2D eigenvalue weighted by Crippen LogP contribution is 2.52. The first-order valence-electron chi connectivity index (χ1n) is 7.73. The van der Waals surface area contributed by atoms with Crippen molar-refractivity contribution in [2.75, 3.05) is 20.2 Å². The van der Waals surface area contributed by atoms with Crippen molar-refractivity contribution in [1.82, 2.24) is 5.32 Å². The average molecular weight is 338 g/mol. The van der Waals surface area contributed by atoms with E-state index in [9.17, 15) is 0 Å². The highest BCUT2D eigenvalue weighted by Gasteiger charge is 2.45. The summed E-state index contributed by atoms with van der Waals surface area (Å²) in [6.07, 6.45) is 6.83. The first-order valence-corrected chi connectivity index (χ1v) is 8.52. The molecule has 3 unspecified atom stereocenters. The largest absolute Gasteiger partial charge is 0.381 e. The van der Waals surface area contributed by atoms with Gasteiger partial charge in [-0.3, -0.25) is 0 Å². The summed E-state index contributed by atoms with van der Waals surface area (Å²) in [5, 5.41) is 3.60. The third-order valence-electron chi connectivity index (χ3n) is 5.34. The molecule has 110 valence electrons. The van der Waals surface area contributed by atoms with E-state index in [4.69, 9.17) is 4.74 Å². The molecule has 3 rings (SSSR count). The summed E-state index contributed by atoms with van der Waals surface area (Å²) < 4.78 is 6.96. The Hall–Kier alpha value is -0.380. The number of benzene rings is 1. The molecule has 0 bridgehead atoms. The van der Waals surface area contributed by atoms with Crippen LogP contribution in [0.4, 0.5) is 0 Å². The zero-order valence-electron chi connectivity index (χ0n) is 12.2. The van der Waals surface area contributed by atoms with Gasteiger partial charge in [0.05, 0.1) is 6.10 Å². The summed E-state index contributed by atoms with van der Waals surface area (Å²) in [5.74, 6) is 0.602. The molecular formula is C17H24BrNO. The van der Waals surface area contributed by atoms with E-state index in [2.05, 4.69) is 45.5 Å². The van der Waals surface area contributed by atoms with Crippen LogP contribution in [0.5, 0.6) is 0 Å². The van der Waals surface area contributed by atoms with Crippen LogP contribution < -0.4 is 5.32 Å². The van der Waals surface area contributed by atoms with Crippen molar-refractivity contribution in [2.45, 2.75) is 44.1 Å². The molecule has 20 heavy (non-hydrogen) atoms. The highest BCUT2D eigenvalue weighted by molar-refractivity contribution is 9.10. The molecule has 0 radical (unpaired) electrons. The Morgan fingerprint density at radius 3 is 2.95 bits per heavy atom. The molecule has 2 fully saturated rings. The van der Waals surface area contributed by atoms with Crippen molar-refractivity contribution < 1.29 is 4.74 Å². The molecule has 0 aromatic heterocycles. The maximum absolute atomic E-state index is 5.70. The van der Waals surface area contributed by atoms with Crippen LogP contribution in [0.2, 0.25) is 0 Å². The summed E-state index contributed by atoms with van der Waals surface area (Å²) in [4.78, 5) is 0. The van der Waals surface area contributed by atoms with E-state index in [0.29, 0.717) is 17.4 Å². The third-order valence-corrected chi connectivity index (χ3v) is 6.06. The van der Waals surface area contributed by atoms with Gasteiger partial charge in [0.15, 0.2) is 0 Å². The average Bonchev–Trinajstić information content (AvgIpc) is 2.49. The molecule has 2 aliphatic rings. The Labute approximate surface area is 130 Å². The predicted molar refractivity (Wildman–Crippen MR) is 86.1 cm³/mol. The fraction of sp³-hybridized carbons (Fsp3) is 0.647. The zero-order valence-corrected chi connectivity index (χ0v) is 13.8. The molecule has 1 heterocycles. The number of hydrogen-bond donors (Lipinski definition) is 1. The normalized spacial score (nSPS) is 34.3. The van der Waals surface area contributed by atoms with Crippen LogP contribution in [0.1, 0.15) is 43.6 Å². The number of hydrogen-bond acceptors (Lipinski definition) is 2. The Bertz CT molecular complexity index is 460. The molecule has 3 atom stereocenters. The van der Waals surface area contributed by atoms with Crippen molar-refractivity contribution in [2.24, 2.45) is 5.41 Å². The van der Waals surface area contributed by atoms with E-state index in [-0.39, 0.29) is 0 Å². The number of halogens is 1. The van der Waals surface area contributed by atoms with Gasteiger partial charge in [0.25, 0.3) is 0 Å². The second-order valence-electron chi connectivity index (χ2n) is 6.34. The molecule has 1 saturated heterocycles. The van der Waals surface area contributed by atoms with Gasteiger partial charge >= 0.3 is 0 Å².